The summed E-state index contributed by atoms with van der Waals surface area (Å²) in [6.45, 7) is 0.0558. The minimum Gasteiger partial charge on any atom is -0.326 e. The Morgan fingerprint density at radius 3 is 2.37 bits per heavy atom. The van der Waals surface area contributed by atoms with Gasteiger partial charge in [-0.15, -0.1) is 0 Å². The molecule has 0 fully saturated rings. The number of aromatic nitrogens is 2. The highest BCUT2D eigenvalue weighted by atomic mass is 35.5. The topological polar surface area (TPSA) is 130 Å². The molecule has 0 aliphatic rings. The molecule has 0 aliphatic heterocycles. The van der Waals surface area contributed by atoms with Crippen molar-refractivity contribution in [1.29, 1.82) is 0 Å². The monoisotopic (exact) mass is 532 g/mol. The van der Waals surface area contributed by atoms with Crippen molar-refractivity contribution in [3.63, 3.8) is 0 Å². The molecular weight excluding hydrogens is 515 g/mol. The Morgan fingerprint density at radius 2 is 1.63 bits per heavy atom. The molecule has 1 amide bonds. The Bertz CT molecular complexity index is 1650. The van der Waals surface area contributed by atoms with Gasteiger partial charge in [0, 0.05) is 29.4 Å². The van der Waals surface area contributed by atoms with E-state index in [4.69, 9.17) is 23.2 Å². The first-order valence-electron chi connectivity index (χ1n) is 10.2. The predicted octanol–water partition coefficient (Wildman–Crippen LogP) is 3.83. The lowest BCUT2D eigenvalue weighted by atomic mass is 10.2. The Morgan fingerprint density at radius 1 is 0.943 bits per heavy atom. The van der Waals surface area contributed by atoms with E-state index in [1.165, 1.54) is 47.0 Å². The second-order valence-electron chi connectivity index (χ2n) is 7.48. The molecule has 0 unspecified atom stereocenters. The molecule has 0 saturated carbocycles. The molecule has 0 aliphatic carbocycles. The molecule has 0 spiro atoms. The van der Waals surface area contributed by atoms with Gasteiger partial charge < -0.3 is 5.32 Å². The summed E-state index contributed by atoms with van der Waals surface area (Å²) in [6, 6.07) is 16.8. The molecule has 1 aromatic heterocycles. The molecule has 4 aromatic rings. The third-order valence-electron chi connectivity index (χ3n) is 5.07. The zero-order valence-corrected chi connectivity index (χ0v) is 20.2. The second-order valence-corrected chi connectivity index (χ2v) is 9.98. The Kier molecular flexibility index (Phi) is 6.97. The molecule has 1 heterocycles. The number of nitrogens with one attached hydrogen (secondary N) is 3. The lowest BCUT2D eigenvalue weighted by Crippen LogP contribution is -2.31. The van der Waals surface area contributed by atoms with E-state index in [0.29, 0.717) is 16.6 Å². The zero-order chi connectivity index (χ0) is 25.2. The minimum atomic E-state index is -3.98. The molecule has 0 radical (unpaired) electrons. The highest BCUT2D eigenvalue weighted by molar-refractivity contribution is 7.92. The largest absolute Gasteiger partial charge is 0.328 e. The number of carbonyl (C=O) groups is 1. The number of carbonyl (C=O) groups excluding carboxylic acids is 1. The van der Waals surface area contributed by atoms with Crippen LogP contribution < -0.4 is 21.3 Å². The van der Waals surface area contributed by atoms with Crippen molar-refractivity contribution in [3.8, 4) is 0 Å². The van der Waals surface area contributed by atoms with E-state index >= 15 is 0 Å². The Hall–Kier alpha value is -3.60. The molecule has 0 saturated heterocycles. The number of sulfonamides is 1. The normalized spacial score (nSPS) is 11.4. The van der Waals surface area contributed by atoms with Gasteiger partial charge in [-0.2, -0.15) is 0 Å². The summed E-state index contributed by atoms with van der Waals surface area (Å²) in [6.07, 6.45) is -0.0302. The Labute approximate surface area is 209 Å². The van der Waals surface area contributed by atoms with Crippen molar-refractivity contribution in [2.24, 2.45) is 0 Å². The van der Waals surface area contributed by atoms with E-state index in [9.17, 15) is 22.8 Å². The van der Waals surface area contributed by atoms with Gasteiger partial charge in [-0.1, -0.05) is 35.3 Å². The van der Waals surface area contributed by atoms with Crippen LogP contribution in [0.5, 0.6) is 0 Å². The predicted molar refractivity (Wildman–Crippen MR) is 136 cm³/mol. The van der Waals surface area contributed by atoms with Crippen LogP contribution in [0.3, 0.4) is 0 Å². The molecule has 9 nitrogen and oxygen atoms in total. The van der Waals surface area contributed by atoms with E-state index in [2.05, 4.69) is 15.0 Å². The molecular formula is C23H18Cl2N4O5S. The number of hydrogen-bond acceptors (Lipinski definition) is 5. The molecule has 3 N–H and O–H groups in total. The molecule has 4 rings (SSSR count). The van der Waals surface area contributed by atoms with Crippen molar-refractivity contribution in [2.45, 2.75) is 17.9 Å². The van der Waals surface area contributed by atoms with Crippen LogP contribution in [0.2, 0.25) is 10.0 Å². The standard InChI is InChI=1S/C23H18Cl2N4O5S/c24-14-5-10-18(25)20(13-14)35(33,34)28-16-8-6-15(7-9-16)26-21(30)11-12-29-19-4-2-1-3-17(19)22(31)27-23(29)32/h1-10,13,28H,11-12H2,(H,26,30)(H,27,31,32). The number of aryl methyl sites for hydroxylation is 1. The smallest absolute Gasteiger partial charge is 0.326 e. The Balaban J connectivity index is 1.42. The van der Waals surface area contributed by atoms with Crippen LogP contribution >= 0.6 is 23.2 Å². The maximum absolute atomic E-state index is 12.6. The van der Waals surface area contributed by atoms with Crippen molar-refractivity contribution in [1.82, 2.24) is 9.55 Å². The van der Waals surface area contributed by atoms with Gasteiger partial charge >= 0.3 is 5.69 Å². The van der Waals surface area contributed by atoms with Gasteiger partial charge in [-0.3, -0.25) is 23.9 Å². The summed E-state index contributed by atoms with van der Waals surface area (Å²) in [5, 5.41) is 3.29. The number of aromatic amines is 1. The summed E-state index contributed by atoms with van der Waals surface area (Å²) >= 11 is 11.9. The second kappa shape index (κ2) is 9.95. The van der Waals surface area contributed by atoms with Crippen LogP contribution in [0.15, 0.2) is 81.2 Å². The first-order chi connectivity index (χ1) is 16.6. The summed E-state index contributed by atoms with van der Waals surface area (Å²) in [5.41, 5.74) is 0.0331. The third-order valence-corrected chi connectivity index (χ3v) is 7.17. The number of halogens is 2. The number of fused-ring (bicyclic) bond motifs is 1. The number of anilines is 2. The number of rotatable bonds is 7. The van der Waals surface area contributed by atoms with Gasteiger partial charge in [0.05, 0.1) is 15.9 Å². The van der Waals surface area contributed by atoms with Crippen molar-refractivity contribution < 1.29 is 13.2 Å². The number of para-hydroxylation sites is 1. The third kappa shape index (κ3) is 5.56. The number of amides is 1. The van der Waals surface area contributed by atoms with Gasteiger partial charge in [0.1, 0.15) is 4.90 Å². The summed E-state index contributed by atoms with van der Waals surface area (Å²) < 4.78 is 29.0. The average molecular weight is 533 g/mol. The van der Waals surface area contributed by atoms with Crippen LogP contribution in [0.25, 0.3) is 10.9 Å². The maximum atomic E-state index is 12.6. The van der Waals surface area contributed by atoms with Gasteiger partial charge in [0.25, 0.3) is 15.6 Å². The van der Waals surface area contributed by atoms with E-state index in [0.717, 1.165) is 0 Å². The summed E-state index contributed by atoms with van der Waals surface area (Å²) in [7, 11) is -3.98. The van der Waals surface area contributed by atoms with Crippen LogP contribution in [0, 0.1) is 0 Å². The molecule has 0 bridgehead atoms. The van der Waals surface area contributed by atoms with E-state index < -0.39 is 21.3 Å². The minimum absolute atomic E-state index is 0.0279. The first-order valence-corrected chi connectivity index (χ1v) is 12.5. The van der Waals surface area contributed by atoms with E-state index in [1.807, 2.05) is 0 Å². The van der Waals surface area contributed by atoms with Crippen LogP contribution in [-0.2, 0) is 21.4 Å². The highest BCUT2D eigenvalue weighted by Gasteiger charge is 2.18. The van der Waals surface area contributed by atoms with Gasteiger partial charge in [-0.05, 0) is 54.6 Å². The van der Waals surface area contributed by atoms with Crippen molar-refractivity contribution in [3.05, 3.63) is 97.6 Å². The van der Waals surface area contributed by atoms with E-state index in [1.54, 1.807) is 24.3 Å². The molecule has 35 heavy (non-hydrogen) atoms. The number of nitrogens with zero attached hydrogens (tertiary/aromatic N) is 1. The first kappa shape index (κ1) is 24.5. The number of benzene rings is 3. The lowest BCUT2D eigenvalue weighted by molar-refractivity contribution is -0.116. The molecule has 0 atom stereocenters. The van der Waals surface area contributed by atoms with E-state index in [-0.39, 0.29) is 39.5 Å². The molecule has 180 valence electrons. The number of H-pyrrole nitrogens is 1. The van der Waals surface area contributed by atoms with Crippen molar-refractivity contribution in [2.75, 3.05) is 10.0 Å². The van der Waals surface area contributed by atoms with Crippen LogP contribution in [-0.4, -0.2) is 23.9 Å². The fourth-order valence-electron chi connectivity index (χ4n) is 3.42. The quantitative estimate of drug-likeness (QED) is 0.333. The van der Waals surface area contributed by atoms with Crippen molar-refractivity contribution >= 4 is 61.4 Å². The maximum Gasteiger partial charge on any atom is 0.328 e. The molecule has 3 aromatic carbocycles. The molecule has 12 heteroatoms. The fraction of sp³-hybridized carbons (Fsp3) is 0.0870. The van der Waals surface area contributed by atoms with Gasteiger partial charge in [-0.25, -0.2) is 13.2 Å². The lowest BCUT2D eigenvalue weighted by Gasteiger charge is -2.12. The SMILES string of the molecule is O=C(CCn1c(=O)[nH]c(=O)c2ccccc21)Nc1ccc(NS(=O)(=O)c2cc(Cl)ccc2Cl)cc1. The average Bonchev–Trinajstić information content (AvgIpc) is 2.81. The van der Waals surface area contributed by atoms with Crippen LogP contribution in [0.4, 0.5) is 11.4 Å². The zero-order valence-electron chi connectivity index (χ0n) is 17.9. The fourth-order valence-corrected chi connectivity index (χ4v) is 5.24. The van der Waals surface area contributed by atoms with Crippen LogP contribution in [0.1, 0.15) is 6.42 Å². The summed E-state index contributed by atoms with van der Waals surface area (Å²) in [5.74, 6) is -0.369. The summed E-state index contributed by atoms with van der Waals surface area (Å²) in [4.78, 5) is 38.7. The van der Waals surface area contributed by atoms with Gasteiger partial charge in [0.2, 0.25) is 5.91 Å². The number of hydrogen-bond donors (Lipinski definition) is 3. The highest BCUT2D eigenvalue weighted by Crippen LogP contribution is 2.27. The van der Waals surface area contributed by atoms with Gasteiger partial charge in [0.15, 0.2) is 0 Å².